The number of benzene rings is 1. The molecule has 22 heavy (non-hydrogen) atoms. The maximum atomic E-state index is 12.3. The van der Waals surface area contributed by atoms with E-state index in [1.54, 1.807) is 19.1 Å². The lowest BCUT2D eigenvalue weighted by molar-refractivity contribution is -0.143. The molecule has 1 rings (SSSR count). The molecule has 0 N–H and O–H groups in total. The van der Waals surface area contributed by atoms with Crippen LogP contribution in [0.4, 0.5) is 0 Å². The normalized spacial score (nSPS) is 13.4. The number of rotatable bonds is 10. The van der Waals surface area contributed by atoms with Crippen molar-refractivity contribution in [3.8, 4) is 0 Å². The Hall–Kier alpha value is -1.49. The monoisotopic (exact) mass is 328 g/mol. The molecule has 122 valence electrons. The van der Waals surface area contributed by atoms with Crippen molar-refractivity contribution in [1.82, 2.24) is 0 Å². The summed E-state index contributed by atoms with van der Waals surface area (Å²) in [5, 5.41) is 0. The third-order valence-electron chi connectivity index (χ3n) is 2.87. The molecule has 1 unspecified atom stereocenters. The lowest BCUT2D eigenvalue weighted by Crippen LogP contribution is -2.08. The fourth-order valence-electron chi connectivity index (χ4n) is 1.71. The highest BCUT2D eigenvalue weighted by Gasteiger charge is 2.33. The third-order valence-corrected chi connectivity index (χ3v) is 4.65. The van der Waals surface area contributed by atoms with Gasteiger partial charge < -0.3 is 9.26 Å². The number of esters is 1. The minimum atomic E-state index is -3.82. The molecule has 0 aromatic heterocycles. The van der Waals surface area contributed by atoms with E-state index in [9.17, 15) is 14.2 Å². The molecule has 1 aromatic carbocycles. The average molecular weight is 328 g/mol. The molecule has 0 heterocycles. The lowest BCUT2D eigenvalue weighted by Gasteiger charge is -2.15. The van der Waals surface area contributed by atoms with Gasteiger partial charge in [-0.1, -0.05) is 30.3 Å². The first-order chi connectivity index (χ1) is 10.5. The van der Waals surface area contributed by atoms with Crippen LogP contribution in [-0.2, 0) is 34.5 Å². The average Bonchev–Trinajstić information content (AvgIpc) is 2.53. The molecule has 7 heteroatoms. The molecular weight excluding hydrogens is 307 g/mol. The Morgan fingerprint density at radius 1 is 1.14 bits per heavy atom. The van der Waals surface area contributed by atoms with Crippen LogP contribution in [0.5, 0.6) is 0 Å². The molecule has 0 saturated heterocycles. The van der Waals surface area contributed by atoms with Crippen LogP contribution in [-0.4, -0.2) is 25.2 Å². The quantitative estimate of drug-likeness (QED) is 0.484. The van der Waals surface area contributed by atoms with Crippen molar-refractivity contribution in [1.29, 1.82) is 0 Å². The molecule has 0 bridgehead atoms. The number of carbonyl (C=O) groups is 2. The highest BCUT2D eigenvalue weighted by atomic mass is 31.2. The minimum absolute atomic E-state index is 0.0234. The summed E-state index contributed by atoms with van der Waals surface area (Å²) in [6.07, 6.45) is 0.292. The van der Waals surface area contributed by atoms with Gasteiger partial charge in [0, 0.05) is 20.0 Å². The van der Waals surface area contributed by atoms with Crippen LogP contribution in [0.15, 0.2) is 30.3 Å². The van der Waals surface area contributed by atoms with Gasteiger partial charge in [-0.3, -0.25) is 18.7 Å². The molecule has 0 radical (unpaired) electrons. The Kier molecular flexibility index (Phi) is 8.02. The van der Waals surface area contributed by atoms with Crippen molar-refractivity contribution in [2.75, 3.05) is 13.7 Å². The van der Waals surface area contributed by atoms with Gasteiger partial charge in [-0.05, 0) is 18.9 Å². The van der Waals surface area contributed by atoms with E-state index in [0.717, 1.165) is 5.56 Å². The van der Waals surface area contributed by atoms with Crippen LogP contribution in [0.2, 0.25) is 0 Å². The van der Waals surface area contributed by atoms with E-state index in [1.807, 2.05) is 18.2 Å². The topological polar surface area (TPSA) is 78.9 Å². The maximum Gasteiger partial charge on any atom is 0.396 e. The summed E-state index contributed by atoms with van der Waals surface area (Å²) in [7, 11) is -2.65. The van der Waals surface area contributed by atoms with Gasteiger partial charge >= 0.3 is 13.6 Å². The van der Waals surface area contributed by atoms with Crippen molar-refractivity contribution >= 4 is 19.1 Å². The van der Waals surface area contributed by atoms with E-state index < -0.39 is 13.1 Å². The first-order valence-corrected chi connectivity index (χ1v) is 8.59. The first kappa shape index (κ1) is 18.6. The van der Waals surface area contributed by atoms with Crippen molar-refractivity contribution in [3.63, 3.8) is 0 Å². The Morgan fingerprint density at radius 3 is 2.41 bits per heavy atom. The summed E-state index contributed by atoms with van der Waals surface area (Å²) in [4.78, 5) is 23.2. The highest BCUT2D eigenvalue weighted by Crippen LogP contribution is 2.50. The van der Waals surface area contributed by atoms with Crippen LogP contribution in [0.3, 0.4) is 0 Å². The fraction of sp³-hybridized carbons (Fsp3) is 0.467. The number of hydrogen-bond acceptors (Lipinski definition) is 6. The predicted molar refractivity (Wildman–Crippen MR) is 81.3 cm³/mol. The van der Waals surface area contributed by atoms with E-state index in [1.165, 1.54) is 7.11 Å². The van der Waals surface area contributed by atoms with Crippen LogP contribution < -0.4 is 0 Å². The van der Waals surface area contributed by atoms with Crippen LogP contribution in [0.1, 0.15) is 31.7 Å². The summed E-state index contributed by atoms with van der Waals surface area (Å²) in [6.45, 7) is 2.03. The summed E-state index contributed by atoms with van der Waals surface area (Å²) >= 11 is 0. The van der Waals surface area contributed by atoms with Gasteiger partial charge in [0.15, 0.2) is 0 Å². The standard InChI is InChI=1S/C15H21O6P/c1-3-20-14(16)10-7-11-15(17)22(18,19-2)21-12-13-8-5-4-6-9-13/h4-6,8-9H,3,7,10-12H2,1-2H3. The smallest absolute Gasteiger partial charge is 0.396 e. The summed E-state index contributed by atoms with van der Waals surface area (Å²) in [6, 6.07) is 9.07. The Labute approximate surface area is 130 Å². The van der Waals surface area contributed by atoms with Gasteiger partial charge in [0.2, 0.25) is 5.52 Å². The van der Waals surface area contributed by atoms with Crippen molar-refractivity contribution < 1.29 is 27.9 Å². The second-order valence-corrected chi connectivity index (χ2v) is 6.61. The number of hydrogen-bond donors (Lipinski definition) is 0. The van der Waals surface area contributed by atoms with Crippen LogP contribution in [0.25, 0.3) is 0 Å². The van der Waals surface area contributed by atoms with Gasteiger partial charge in [0.1, 0.15) is 0 Å². The number of carbonyl (C=O) groups excluding carboxylic acids is 2. The van der Waals surface area contributed by atoms with Gasteiger partial charge in [0.25, 0.3) is 0 Å². The molecular formula is C15H21O6P. The van der Waals surface area contributed by atoms with E-state index in [2.05, 4.69) is 0 Å². The maximum absolute atomic E-state index is 12.3. The second-order valence-electron chi connectivity index (χ2n) is 4.49. The van der Waals surface area contributed by atoms with Gasteiger partial charge in [0.05, 0.1) is 13.2 Å². The van der Waals surface area contributed by atoms with E-state index in [-0.39, 0.29) is 31.8 Å². The van der Waals surface area contributed by atoms with E-state index >= 15 is 0 Å². The first-order valence-electron chi connectivity index (χ1n) is 7.05. The predicted octanol–water partition coefficient (Wildman–Crippen LogP) is 3.30. The fourth-order valence-corrected chi connectivity index (χ4v) is 2.92. The SMILES string of the molecule is CCOC(=O)CCCC(=O)P(=O)(OC)OCc1ccccc1. The Bertz CT molecular complexity index is 528. The van der Waals surface area contributed by atoms with E-state index in [0.29, 0.717) is 6.61 Å². The lowest BCUT2D eigenvalue weighted by atomic mass is 10.2. The zero-order chi connectivity index (χ0) is 16.4. The van der Waals surface area contributed by atoms with Crippen LogP contribution >= 0.6 is 7.60 Å². The molecule has 0 amide bonds. The number of ether oxygens (including phenoxy) is 1. The van der Waals surface area contributed by atoms with Gasteiger partial charge in [-0.2, -0.15) is 0 Å². The zero-order valence-corrected chi connectivity index (χ0v) is 13.7. The molecule has 0 aliphatic heterocycles. The molecule has 1 aromatic rings. The minimum Gasteiger partial charge on any atom is -0.466 e. The van der Waals surface area contributed by atoms with Crippen molar-refractivity contribution in [3.05, 3.63) is 35.9 Å². The highest BCUT2D eigenvalue weighted by molar-refractivity contribution is 7.71. The van der Waals surface area contributed by atoms with Gasteiger partial charge in [-0.25, -0.2) is 0 Å². The summed E-state index contributed by atoms with van der Waals surface area (Å²) < 4.78 is 27.1. The molecule has 6 nitrogen and oxygen atoms in total. The van der Waals surface area contributed by atoms with Gasteiger partial charge in [-0.15, -0.1) is 0 Å². The Morgan fingerprint density at radius 2 is 1.82 bits per heavy atom. The van der Waals surface area contributed by atoms with E-state index in [4.69, 9.17) is 13.8 Å². The molecule has 1 atom stereocenters. The molecule has 0 aliphatic rings. The summed E-state index contributed by atoms with van der Waals surface area (Å²) in [5.41, 5.74) is 0.161. The summed E-state index contributed by atoms with van der Waals surface area (Å²) in [5.74, 6) is -0.382. The molecule has 0 aliphatic carbocycles. The zero-order valence-electron chi connectivity index (χ0n) is 12.8. The molecule has 0 saturated carbocycles. The largest absolute Gasteiger partial charge is 0.466 e. The van der Waals surface area contributed by atoms with Crippen molar-refractivity contribution in [2.45, 2.75) is 32.8 Å². The molecule has 0 fully saturated rings. The Balaban J connectivity index is 2.48. The molecule has 0 spiro atoms. The van der Waals surface area contributed by atoms with Crippen molar-refractivity contribution in [2.24, 2.45) is 0 Å². The second kappa shape index (κ2) is 9.51. The third kappa shape index (κ3) is 6.10. The van der Waals surface area contributed by atoms with Crippen LogP contribution in [0, 0.1) is 0 Å².